The van der Waals surface area contributed by atoms with Gasteiger partial charge in [-0.3, -0.25) is 0 Å². The van der Waals surface area contributed by atoms with Crippen LogP contribution in [0.25, 0.3) is 0 Å². The first-order valence-corrected chi connectivity index (χ1v) is 11.1. The van der Waals surface area contributed by atoms with Crippen molar-refractivity contribution in [3.8, 4) is 6.07 Å². The van der Waals surface area contributed by atoms with Crippen LogP contribution in [0.2, 0.25) is 18.2 Å². The summed E-state index contributed by atoms with van der Waals surface area (Å²) >= 11 is 7.48. The Bertz CT molecular complexity index is 751. The summed E-state index contributed by atoms with van der Waals surface area (Å²) in [6, 6.07) is 5.84. The zero-order valence-electron chi connectivity index (χ0n) is 14.3. The van der Waals surface area contributed by atoms with Crippen LogP contribution in [-0.4, -0.2) is 19.0 Å². The van der Waals surface area contributed by atoms with Crippen LogP contribution < -0.4 is 5.32 Å². The Morgan fingerprint density at radius 1 is 1.38 bits per heavy atom. The van der Waals surface area contributed by atoms with E-state index >= 15 is 0 Å². The molecule has 0 saturated carbocycles. The molecule has 1 unspecified atom stereocenters. The molecule has 24 heavy (non-hydrogen) atoms. The van der Waals surface area contributed by atoms with Crippen molar-refractivity contribution in [1.29, 1.82) is 5.26 Å². The highest BCUT2D eigenvalue weighted by molar-refractivity contribution is 7.16. The topological polar surface area (TPSA) is 70.8 Å². The summed E-state index contributed by atoms with van der Waals surface area (Å²) in [6.45, 7) is 10.7. The number of anilines is 2. The van der Waals surface area contributed by atoms with E-state index in [4.69, 9.17) is 21.3 Å². The fourth-order valence-electron chi connectivity index (χ4n) is 2.21. The molecule has 2 aromatic rings. The van der Waals surface area contributed by atoms with E-state index in [-0.39, 0.29) is 11.5 Å². The molecule has 0 aliphatic rings. The molecule has 2 rings (SSSR count). The van der Waals surface area contributed by atoms with Crippen molar-refractivity contribution < 1.29 is 4.43 Å². The number of thiazole rings is 1. The maximum atomic E-state index is 8.89. The fraction of sp³-hybridized carbons (Fsp3) is 0.438. The molecule has 0 bridgehead atoms. The van der Waals surface area contributed by atoms with Crippen molar-refractivity contribution in [2.24, 2.45) is 5.41 Å². The molecule has 0 fully saturated rings. The van der Waals surface area contributed by atoms with Gasteiger partial charge in [0.15, 0.2) is 5.13 Å². The van der Waals surface area contributed by atoms with E-state index in [1.807, 2.05) is 12.1 Å². The van der Waals surface area contributed by atoms with E-state index in [2.05, 4.69) is 55.2 Å². The van der Waals surface area contributed by atoms with E-state index in [1.165, 1.54) is 17.5 Å². The van der Waals surface area contributed by atoms with Crippen LogP contribution in [0.15, 0.2) is 18.3 Å². The van der Waals surface area contributed by atoms with Crippen molar-refractivity contribution >= 4 is 42.9 Å². The zero-order valence-corrected chi connectivity index (χ0v) is 16.9. The van der Waals surface area contributed by atoms with Gasteiger partial charge in [-0.05, 0) is 36.2 Å². The summed E-state index contributed by atoms with van der Waals surface area (Å²) in [4.78, 5) is 9.00. The monoisotopic (exact) mass is 379 g/mol. The lowest BCUT2D eigenvalue weighted by Crippen LogP contribution is -2.26. The Morgan fingerprint density at radius 2 is 2.08 bits per heavy atom. The second-order valence-electron chi connectivity index (χ2n) is 6.65. The van der Waals surface area contributed by atoms with Crippen molar-refractivity contribution in [1.82, 2.24) is 9.97 Å². The summed E-state index contributed by atoms with van der Waals surface area (Å²) in [5.74, 6) is 0.593. The maximum Gasteiger partial charge on any atom is 0.205 e. The van der Waals surface area contributed by atoms with Crippen LogP contribution in [0.5, 0.6) is 0 Å². The molecule has 1 radical (unpaired) electrons. The van der Waals surface area contributed by atoms with Gasteiger partial charge in [0.25, 0.3) is 0 Å². The van der Waals surface area contributed by atoms with Crippen LogP contribution >= 0.6 is 22.9 Å². The van der Waals surface area contributed by atoms with E-state index in [1.54, 1.807) is 0 Å². The van der Waals surface area contributed by atoms with Crippen molar-refractivity contribution in [2.45, 2.75) is 40.0 Å². The molecule has 0 saturated heterocycles. The first-order valence-electron chi connectivity index (χ1n) is 7.46. The fourth-order valence-corrected chi connectivity index (χ4v) is 4.00. The number of hydrogen-bond donors (Lipinski definition) is 1. The normalized spacial score (nSPS) is 12.9. The van der Waals surface area contributed by atoms with Crippen LogP contribution in [0, 0.1) is 16.7 Å². The van der Waals surface area contributed by atoms with Crippen LogP contribution in [0.4, 0.5) is 10.9 Å². The van der Waals surface area contributed by atoms with Gasteiger partial charge in [0.2, 0.25) is 9.04 Å². The minimum atomic E-state index is -0.877. The van der Waals surface area contributed by atoms with Crippen molar-refractivity contribution in [3.63, 3.8) is 0 Å². The minimum Gasteiger partial charge on any atom is -0.410 e. The summed E-state index contributed by atoms with van der Waals surface area (Å²) in [5.41, 5.74) is 0.909. The largest absolute Gasteiger partial charge is 0.410 e. The van der Waals surface area contributed by atoms with Gasteiger partial charge in [0, 0.05) is 0 Å². The maximum absolute atomic E-state index is 8.89. The zero-order chi connectivity index (χ0) is 17.9. The van der Waals surface area contributed by atoms with Gasteiger partial charge in [0.05, 0.1) is 12.3 Å². The smallest absolute Gasteiger partial charge is 0.205 e. The molecule has 1 N–H and O–H groups in total. The minimum absolute atomic E-state index is 0.0704. The lowest BCUT2D eigenvalue weighted by atomic mass is 9.85. The number of aromatic nitrogens is 2. The summed E-state index contributed by atoms with van der Waals surface area (Å²) < 4.78 is 6.21. The lowest BCUT2D eigenvalue weighted by Gasteiger charge is -2.33. The van der Waals surface area contributed by atoms with E-state index < -0.39 is 9.04 Å². The number of rotatable bonds is 5. The summed E-state index contributed by atoms with van der Waals surface area (Å²) in [6.07, 6.45) is 1.45. The highest BCUT2D eigenvalue weighted by Gasteiger charge is 2.29. The number of halogens is 1. The van der Waals surface area contributed by atoms with Gasteiger partial charge in [-0.15, -0.1) is 0 Å². The average molecular weight is 380 g/mol. The highest BCUT2D eigenvalue weighted by atomic mass is 35.5. The van der Waals surface area contributed by atoms with E-state index in [0.29, 0.717) is 21.0 Å². The van der Waals surface area contributed by atoms with Crippen LogP contribution in [0.1, 0.15) is 37.3 Å². The van der Waals surface area contributed by atoms with Gasteiger partial charge < -0.3 is 9.74 Å². The molecule has 2 heterocycles. The van der Waals surface area contributed by atoms with Gasteiger partial charge >= 0.3 is 0 Å². The highest BCUT2D eigenvalue weighted by Crippen LogP contribution is 2.38. The third-order valence-electron chi connectivity index (χ3n) is 3.11. The molecule has 0 aliphatic heterocycles. The SMILES string of the molecule is C[Si](C)OC(c1cc(Cl)nc(Nc2ncc(C#N)s2)c1)C(C)(C)C. The van der Waals surface area contributed by atoms with Gasteiger partial charge in [-0.1, -0.05) is 43.7 Å². The molecule has 5 nitrogen and oxygen atoms in total. The number of hydrogen-bond acceptors (Lipinski definition) is 6. The summed E-state index contributed by atoms with van der Waals surface area (Å²) in [5, 5.41) is 13.0. The Balaban J connectivity index is 2.34. The molecule has 2 aromatic heterocycles. The molecular formula is C16H20ClN4OSSi. The van der Waals surface area contributed by atoms with E-state index in [0.717, 1.165) is 5.56 Å². The predicted octanol–water partition coefficient (Wildman–Crippen LogP) is 5.16. The molecule has 8 heteroatoms. The van der Waals surface area contributed by atoms with Crippen molar-refractivity contribution in [3.05, 3.63) is 33.9 Å². The standard InChI is InChI=1S/C16H20ClN4OSSi/c1-16(2,3)14(22-24(4)5)10-6-12(17)20-13(7-10)21-15-19-9-11(8-18)23-15/h6-7,9,14H,1-5H3,(H,19,20,21). The van der Waals surface area contributed by atoms with Crippen LogP contribution in [-0.2, 0) is 4.43 Å². The summed E-state index contributed by atoms with van der Waals surface area (Å²) in [7, 11) is -0.877. The van der Waals surface area contributed by atoms with Gasteiger partial charge in [-0.2, -0.15) is 5.26 Å². The number of nitriles is 1. The average Bonchev–Trinajstić information content (AvgIpc) is 2.90. The van der Waals surface area contributed by atoms with Gasteiger partial charge in [0.1, 0.15) is 21.9 Å². The van der Waals surface area contributed by atoms with Crippen molar-refractivity contribution in [2.75, 3.05) is 5.32 Å². The van der Waals surface area contributed by atoms with E-state index in [9.17, 15) is 0 Å². The Labute approximate surface area is 153 Å². The first kappa shape index (κ1) is 18.9. The second kappa shape index (κ2) is 7.62. The molecule has 1 atom stereocenters. The Morgan fingerprint density at radius 3 is 2.62 bits per heavy atom. The first-order chi connectivity index (χ1) is 11.2. The quantitative estimate of drug-likeness (QED) is 0.573. The molecule has 0 spiro atoms. The van der Waals surface area contributed by atoms with Crippen LogP contribution in [0.3, 0.4) is 0 Å². The molecular weight excluding hydrogens is 360 g/mol. The Kier molecular flexibility index (Phi) is 5.99. The Hall–Kier alpha value is -1.46. The molecule has 127 valence electrons. The number of pyridine rings is 1. The molecule has 0 amide bonds. The lowest BCUT2D eigenvalue weighted by molar-refractivity contribution is 0.0866. The number of nitrogens with one attached hydrogen (secondary N) is 1. The van der Waals surface area contributed by atoms with Gasteiger partial charge in [-0.25, -0.2) is 9.97 Å². The molecule has 0 aliphatic carbocycles. The second-order valence-corrected chi connectivity index (χ2v) is 10.1. The number of nitrogens with zero attached hydrogens (tertiary/aromatic N) is 3. The third-order valence-corrected chi connectivity index (χ3v) is 4.83. The molecule has 0 aromatic carbocycles. The predicted molar refractivity (Wildman–Crippen MR) is 100 cm³/mol. The third kappa shape index (κ3) is 5.01.